The number of carboxylic acid groups (broad SMARTS) is 1. The molecule has 32 heavy (non-hydrogen) atoms. The van der Waals surface area contributed by atoms with Crippen molar-refractivity contribution in [1.82, 2.24) is 14.5 Å². The van der Waals surface area contributed by atoms with Gasteiger partial charge in [-0.3, -0.25) is 0 Å². The molecule has 0 atom stereocenters. The van der Waals surface area contributed by atoms with Crippen molar-refractivity contribution >= 4 is 22.7 Å². The summed E-state index contributed by atoms with van der Waals surface area (Å²) < 4.78 is 29.6. The summed E-state index contributed by atoms with van der Waals surface area (Å²) in [6.07, 6.45) is 2.03. The number of aryl methyl sites for hydroxylation is 2. The Balaban J connectivity index is 1.52. The van der Waals surface area contributed by atoms with E-state index in [-0.39, 0.29) is 5.56 Å². The summed E-state index contributed by atoms with van der Waals surface area (Å²) in [6, 6.07) is 10.9. The fraction of sp³-hybridized carbons (Fsp3) is 0.208. The average Bonchev–Trinajstić information content (AvgIpc) is 3.08. The highest BCUT2D eigenvalue weighted by Crippen LogP contribution is 2.25. The van der Waals surface area contributed by atoms with E-state index in [0.717, 1.165) is 22.9 Å². The van der Waals surface area contributed by atoms with Crippen LogP contribution in [0.5, 0.6) is 0 Å². The Morgan fingerprint density at radius 2 is 1.94 bits per heavy atom. The fourth-order valence-corrected chi connectivity index (χ4v) is 3.91. The summed E-state index contributed by atoms with van der Waals surface area (Å²) in [5.74, 6) is -1.54. The molecule has 0 bridgehead atoms. The molecule has 0 saturated heterocycles. The number of carboxylic acids is 1. The first kappa shape index (κ1) is 21.4. The third-order valence-electron chi connectivity index (χ3n) is 5.44. The molecule has 4 rings (SSSR count). The first-order valence-electron chi connectivity index (χ1n) is 10.2. The summed E-state index contributed by atoms with van der Waals surface area (Å²) in [4.78, 5) is 19.9. The molecule has 0 fully saturated rings. The fourth-order valence-electron chi connectivity index (χ4n) is 3.91. The number of aromatic carboxylic acids is 1. The van der Waals surface area contributed by atoms with Gasteiger partial charge < -0.3 is 15.0 Å². The van der Waals surface area contributed by atoms with Gasteiger partial charge in [0.05, 0.1) is 16.8 Å². The summed E-state index contributed by atoms with van der Waals surface area (Å²) in [7, 11) is 0. The van der Waals surface area contributed by atoms with Crippen LogP contribution >= 0.6 is 0 Å². The highest BCUT2D eigenvalue weighted by atomic mass is 19.1. The standard InChI is InChI=1S/C24H22F2N4O2/c1-3-15-9-16(4-5-19(15)24(31)32)21-12-22(29-13-28-21)27-6-7-30-14(2)8-17-10-18(25)11-20(26)23(17)30/h4-5,8-13H,3,6-7H2,1-2H3,(H,31,32)(H,27,28,29). The van der Waals surface area contributed by atoms with Gasteiger partial charge in [0.2, 0.25) is 0 Å². The van der Waals surface area contributed by atoms with Crippen LogP contribution in [0, 0.1) is 18.6 Å². The molecular formula is C24H22F2N4O2. The lowest BCUT2D eigenvalue weighted by Crippen LogP contribution is -2.13. The maximum Gasteiger partial charge on any atom is 0.335 e. The third-order valence-corrected chi connectivity index (χ3v) is 5.44. The van der Waals surface area contributed by atoms with E-state index in [0.29, 0.717) is 41.9 Å². The van der Waals surface area contributed by atoms with Gasteiger partial charge in [0.25, 0.3) is 0 Å². The number of hydrogen-bond donors (Lipinski definition) is 2. The summed E-state index contributed by atoms with van der Waals surface area (Å²) in [5, 5.41) is 13.1. The van der Waals surface area contributed by atoms with Crippen LogP contribution in [0.1, 0.15) is 28.5 Å². The highest BCUT2D eigenvalue weighted by Gasteiger charge is 2.13. The lowest BCUT2D eigenvalue weighted by Gasteiger charge is -2.12. The van der Waals surface area contributed by atoms with Gasteiger partial charge in [-0.25, -0.2) is 23.5 Å². The summed E-state index contributed by atoms with van der Waals surface area (Å²) in [6.45, 7) is 4.69. The molecule has 0 aliphatic carbocycles. The van der Waals surface area contributed by atoms with Crippen LogP contribution in [0.4, 0.5) is 14.6 Å². The highest BCUT2D eigenvalue weighted by molar-refractivity contribution is 5.90. The maximum atomic E-state index is 14.3. The van der Waals surface area contributed by atoms with Crippen LogP contribution in [0.3, 0.4) is 0 Å². The van der Waals surface area contributed by atoms with E-state index in [2.05, 4.69) is 15.3 Å². The maximum absolute atomic E-state index is 14.3. The molecule has 2 N–H and O–H groups in total. The Hall–Kier alpha value is -3.81. The first-order chi connectivity index (χ1) is 15.4. The Bertz CT molecular complexity index is 1320. The zero-order valence-corrected chi connectivity index (χ0v) is 17.7. The molecule has 2 aromatic carbocycles. The number of carbonyl (C=O) groups is 1. The molecule has 0 saturated carbocycles. The van der Waals surface area contributed by atoms with E-state index < -0.39 is 17.6 Å². The van der Waals surface area contributed by atoms with Crippen molar-refractivity contribution in [3.05, 3.63) is 77.2 Å². The van der Waals surface area contributed by atoms with E-state index in [1.54, 1.807) is 28.8 Å². The second-order valence-electron chi connectivity index (χ2n) is 7.51. The van der Waals surface area contributed by atoms with Crippen LogP contribution in [-0.2, 0) is 13.0 Å². The van der Waals surface area contributed by atoms with Gasteiger partial charge in [-0.1, -0.05) is 13.0 Å². The van der Waals surface area contributed by atoms with Crippen molar-refractivity contribution in [1.29, 1.82) is 0 Å². The van der Waals surface area contributed by atoms with Crippen LogP contribution in [0.25, 0.3) is 22.2 Å². The molecule has 0 amide bonds. The number of benzene rings is 2. The van der Waals surface area contributed by atoms with Gasteiger partial charge in [0.15, 0.2) is 0 Å². The number of hydrogen-bond acceptors (Lipinski definition) is 4. The van der Waals surface area contributed by atoms with E-state index in [1.807, 2.05) is 19.9 Å². The second-order valence-corrected chi connectivity index (χ2v) is 7.51. The zero-order valence-electron chi connectivity index (χ0n) is 17.7. The van der Waals surface area contributed by atoms with Gasteiger partial charge in [-0.05, 0) is 43.2 Å². The van der Waals surface area contributed by atoms with Crippen molar-refractivity contribution in [2.45, 2.75) is 26.8 Å². The van der Waals surface area contributed by atoms with Crippen LogP contribution < -0.4 is 5.32 Å². The third kappa shape index (κ3) is 4.16. The zero-order chi connectivity index (χ0) is 22.8. The minimum Gasteiger partial charge on any atom is -0.478 e. The van der Waals surface area contributed by atoms with Crippen molar-refractivity contribution in [2.24, 2.45) is 0 Å². The lowest BCUT2D eigenvalue weighted by atomic mass is 10.0. The second kappa shape index (κ2) is 8.74. The summed E-state index contributed by atoms with van der Waals surface area (Å²) >= 11 is 0. The van der Waals surface area contributed by atoms with Gasteiger partial charge in [0.1, 0.15) is 23.8 Å². The molecule has 6 nitrogen and oxygen atoms in total. The Labute approximate surface area is 183 Å². The van der Waals surface area contributed by atoms with Crippen LogP contribution in [-0.4, -0.2) is 32.2 Å². The molecule has 0 radical (unpaired) electrons. The predicted molar refractivity (Wildman–Crippen MR) is 119 cm³/mol. The van der Waals surface area contributed by atoms with Gasteiger partial charge >= 0.3 is 5.97 Å². The van der Waals surface area contributed by atoms with Crippen LogP contribution in [0.2, 0.25) is 0 Å². The van der Waals surface area contributed by atoms with Crippen LogP contribution in [0.15, 0.2) is 48.8 Å². The normalized spacial score (nSPS) is 11.1. The topological polar surface area (TPSA) is 80.0 Å². The molecule has 0 spiro atoms. The van der Waals surface area contributed by atoms with E-state index >= 15 is 0 Å². The van der Waals surface area contributed by atoms with E-state index in [9.17, 15) is 18.7 Å². The molecular weight excluding hydrogens is 414 g/mol. The molecule has 4 aromatic rings. The van der Waals surface area contributed by atoms with Gasteiger partial charge in [-0.15, -0.1) is 0 Å². The van der Waals surface area contributed by atoms with Crippen molar-refractivity contribution in [2.75, 3.05) is 11.9 Å². The molecule has 8 heteroatoms. The molecule has 164 valence electrons. The number of nitrogens with zero attached hydrogens (tertiary/aromatic N) is 3. The number of fused-ring (bicyclic) bond motifs is 1. The molecule has 0 unspecified atom stereocenters. The number of halogens is 2. The quantitative estimate of drug-likeness (QED) is 0.423. The van der Waals surface area contributed by atoms with Crippen molar-refractivity contribution < 1.29 is 18.7 Å². The molecule has 0 aliphatic heterocycles. The van der Waals surface area contributed by atoms with E-state index in [1.165, 1.54) is 12.4 Å². The molecule has 0 aliphatic rings. The van der Waals surface area contributed by atoms with E-state index in [4.69, 9.17) is 0 Å². The van der Waals surface area contributed by atoms with Gasteiger partial charge in [-0.2, -0.15) is 0 Å². The Morgan fingerprint density at radius 1 is 1.12 bits per heavy atom. The monoisotopic (exact) mass is 436 g/mol. The number of rotatable bonds is 7. The van der Waals surface area contributed by atoms with Crippen molar-refractivity contribution in [3.63, 3.8) is 0 Å². The number of aromatic nitrogens is 3. The Kier molecular flexibility index (Phi) is 5.85. The Morgan fingerprint density at radius 3 is 2.69 bits per heavy atom. The predicted octanol–water partition coefficient (Wildman–Crippen LogP) is 5.06. The smallest absolute Gasteiger partial charge is 0.335 e. The summed E-state index contributed by atoms with van der Waals surface area (Å²) in [5.41, 5.74) is 3.69. The molecule has 2 aromatic heterocycles. The first-order valence-corrected chi connectivity index (χ1v) is 10.2. The lowest BCUT2D eigenvalue weighted by molar-refractivity contribution is 0.0695. The molecule has 2 heterocycles. The SMILES string of the molecule is CCc1cc(-c2cc(NCCn3c(C)cc4cc(F)cc(F)c43)ncn2)ccc1C(=O)O. The van der Waals surface area contributed by atoms with Crippen molar-refractivity contribution in [3.8, 4) is 11.3 Å². The number of nitrogens with one attached hydrogen (secondary N) is 1. The minimum atomic E-state index is -0.953. The van der Waals surface area contributed by atoms with Gasteiger partial charge in [0, 0.05) is 41.9 Å². The number of anilines is 1. The largest absolute Gasteiger partial charge is 0.478 e. The minimum absolute atomic E-state index is 0.282. The average molecular weight is 436 g/mol.